The van der Waals surface area contributed by atoms with Gasteiger partial charge >= 0.3 is 0 Å². The van der Waals surface area contributed by atoms with E-state index in [1.54, 1.807) is 18.3 Å². The molecule has 0 radical (unpaired) electrons. The maximum Gasteiger partial charge on any atom is 0.255 e. The summed E-state index contributed by atoms with van der Waals surface area (Å²) >= 11 is 0. The third kappa shape index (κ3) is 4.31. The molecule has 0 aliphatic carbocycles. The third-order valence-corrected chi connectivity index (χ3v) is 3.18. The molecule has 1 aromatic carbocycles. The van der Waals surface area contributed by atoms with Crippen LogP contribution in [0.3, 0.4) is 0 Å². The molecule has 0 saturated carbocycles. The van der Waals surface area contributed by atoms with Gasteiger partial charge in [0.2, 0.25) is 0 Å². The number of aryl methyl sites for hydroxylation is 1. The van der Waals surface area contributed by atoms with Crippen LogP contribution in [0.2, 0.25) is 0 Å². The summed E-state index contributed by atoms with van der Waals surface area (Å²) in [6, 6.07) is 11.5. The van der Waals surface area contributed by atoms with E-state index in [9.17, 15) is 4.79 Å². The van der Waals surface area contributed by atoms with E-state index in [1.165, 1.54) is 5.56 Å². The van der Waals surface area contributed by atoms with Gasteiger partial charge in [0.25, 0.3) is 5.91 Å². The lowest BCUT2D eigenvalue weighted by molar-refractivity contribution is 0.0953. The standard InChI is InChI=1S/C17H21N3O/c1-3-4-11-19-17(21)15-6-5-12-18-16(15)20-14-9-7-13(2)8-10-14/h5-10,12H,3-4,11H2,1-2H3,(H,18,20)(H,19,21). The predicted molar refractivity (Wildman–Crippen MR) is 85.9 cm³/mol. The highest BCUT2D eigenvalue weighted by Crippen LogP contribution is 2.18. The maximum absolute atomic E-state index is 12.2. The highest BCUT2D eigenvalue weighted by atomic mass is 16.1. The van der Waals surface area contributed by atoms with E-state index in [1.807, 2.05) is 31.2 Å². The molecule has 0 aliphatic heterocycles. The van der Waals surface area contributed by atoms with E-state index < -0.39 is 0 Å². The average Bonchev–Trinajstić information content (AvgIpc) is 2.50. The molecule has 21 heavy (non-hydrogen) atoms. The van der Waals surface area contributed by atoms with Gasteiger partial charge in [0.15, 0.2) is 0 Å². The number of rotatable bonds is 6. The van der Waals surface area contributed by atoms with Gasteiger partial charge in [0.1, 0.15) is 5.82 Å². The number of pyridine rings is 1. The molecule has 1 amide bonds. The fourth-order valence-corrected chi connectivity index (χ4v) is 1.94. The summed E-state index contributed by atoms with van der Waals surface area (Å²) in [5, 5.41) is 6.12. The molecule has 4 nitrogen and oxygen atoms in total. The van der Waals surface area contributed by atoms with E-state index in [0.717, 1.165) is 18.5 Å². The van der Waals surface area contributed by atoms with Crippen LogP contribution in [0.5, 0.6) is 0 Å². The normalized spacial score (nSPS) is 10.2. The number of amides is 1. The molecule has 0 fully saturated rings. The minimum absolute atomic E-state index is 0.0915. The monoisotopic (exact) mass is 283 g/mol. The Morgan fingerprint density at radius 3 is 2.67 bits per heavy atom. The lowest BCUT2D eigenvalue weighted by Crippen LogP contribution is -2.25. The SMILES string of the molecule is CCCCNC(=O)c1cccnc1Nc1ccc(C)cc1. The van der Waals surface area contributed by atoms with Crippen LogP contribution in [0.4, 0.5) is 11.5 Å². The third-order valence-electron chi connectivity index (χ3n) is 3.18. The van der Waals surface area contributed by atoms with Gasteiger partial charge in [-0.2, -0.15) is 0 Å². The number of hydrogen-bond donors (Lipinski definition) is 2. The summed E-state index contributed by atoms with van der Waals surface area (Å²) in [5.74, 6) is 0.488. The minimum Gasteiger partial charge on any atom is -0.352 e. The van der Waals surface area contributed by atoms with E-state index in [-0.39, 0.29) is 5.91 Å². The van der Waals surface area contributed by atoms with Gasteiger partial charge < -0.3 is 10.6 Å². The molecular formula is C17H21N3O. The van der Waals surface area contributed by atoms with Crippen molar-refractivity contribution in [2.24, 2.45) is 0 Å². The lowest BCUT2D eigenvalue weighted by Gasteiger charge is -2.11. The van der Waals surface area contributed by atoms with Crippen LogP contribution in [0.25, 0.3) is 0 Å². The Morgan fingerprint density at radius 1 is 1.19 bits per heavy atom. The van der Waals surface area contributed by atoms with Crippen molar-refractivity contribution >= 4 is 17.4 Å². The molecule has 0 saturated heterocycles. The fraction of sp³-hybridized carbons (Fsp3) is 0.294. The predicted octanol–water partition coefficient (Wildman–Crippen LogP) is 3.66. The first kappa shape index (κ1) is 15.0. The van der Waals surface area contributed by atoms with Gasteiger partial charge in [0, 0.05) is 18.4 Å². The van der Waals surface area contributed by atoms with Crippen molar-refractivity contribution in [3.63, 3.8) is 0 Å². The Balaban J connectivity index is 2.12. The molecule has 0 unspecified atom stereocenters. The first-order valence-corrected chi connectivity index (χ1v) is 7.27. The van der Waals surface area contributed by atoms with E-state index >= 15 is 0 Å². The number of carbonyl (C=O) groups excluding carboxylic acids is 1. The highest BCUT2D eigenvalue weighted by Gasteiger charge is 2.11. The molecule has 2 aromatic rings. The van der Waals surface area contributed by atoms with E-state index in [0.29, 0.717) is 17.9 Å². The summed E-state index contributed by atoms with van der Waals surface area (Å²) in [6.07, 6.45) is 3.72. The summed E-state index contributed by atoms with van der Waals surface area (Å²) in [5.41, 5.74) is 2.68. The molecule has 1 heterocycles. The molecule has 2 rings (SSSR count). The van der Waals surface area contributed by atoms with Gasteiger partial charge in [-0.05, 0) is 37.6 Å². The average molecular weight is 283 g/mol. The Bertz CT molecular complexity index is 593. The van der Waals surface area contributed by atoms with Crippen LogP contribution >= 0.6 is 0 Å². The van der Waals surface area contributed by atoms with Crippen molar-refractivity contribution in [1.82, 2.24) is 10.3 Å². The second kappa shape index (κ2) is 7.43. The first-order chi connectivity index (χ1) is 10.2. The topological polar surface area (TPSA) is 54.0 Å². The Labute approximate surface area is 125 Å². The minimum atomic E-state index is -0.0915. The number of carbonyl (C=O) groups is 1. The molecule has 0 aliphatic rings. The smallest absolute Gasteiger partial charge is 0.255 e. The fourth-order valence-electron chi connectivity index (χ4n) is 1.94. The van der Waals surface area contributed by atoms with Crippen molar-refractivity contribution in [2.45, 2.75) is 26.7 Å². The molecule has 0 atom stereocenters. The molecular weight excluding hydrogens is 262 g/mol. The van der Waals surface area contributed by atoms with Crippen molar-refractivity contribution in [2.75, 3.05) is 11.9 Å². The summed E-state index contributed by atoms with van der Waals surface area (Å²) in [4.78, 5) is 16.5. The lowest BCUT2D eigenvalue weighted by atomic mass is 10.2. The van der Waals surface area contributed by atoms with Crippen LogP contribution in [-0.2, 0) is 0 Å². The number of aromatic nitrogens is 1. The second-order valence-electron chi connectivity index (χ2n) is 5.00. The van der Waals surface area contributed by atoms with Crippen LogP contribution in [-0.4, -0.2) is 17.4 Å². The molecule has 4 heteroatoms. The number of benzene rings is 1. The van der Waals surface area contributed by atoms with Crippen molar-refractivity contribution in [3.05, 3.63) is 53.7 Å². The number of nitrogens with one attached hydrogen (secondary N) is 2. The zero-order valence-corrected chi connectivity index (χ0v) is 12.5. The Kier molecular flexibility index (Phi) is 5.32. The molecule has 0 spiro atoms. The van der Waals surface area contributed by atoms with Crippen molar-refractivity contribution in [1.29, 1.82) is 0 Å². The highest BCUT2D eigenvalue weighted by molar-refractivity contribution is 5.99. The van der Waals surface area contributed by atoms with Gasteiger partial charge in [-0.3, -0.25) is 4.79 Å². The number of nitrogens with zero attached hydrogens (tertiary/aromatic N) is 1. The first-order valence-electron chi connectivity index (χ1n) is 7.27. The number of anilines is 2. The largest absolute Gasteiger partial charge is 0.352 e. The summed E-state index contributed by atoms with van der Waals surface area (Å²) in [7, 11) is 0. The number of hydrogen-bond acceptors (Lipinski definition) is 3. The van der Waals surface area contributed by atoms with Crippen molar-refractivity contribution < 1.29 is 4.79 Å². The van der Waals surface area contributed by atoms with Crippen LogP contribution < -0.4 is 10.6 Å². The van der Waals surface area contributed by atoms with Gasteiger partial charge in [-0.1, -0.05) is 31.0 Å². The van der Waals surface area contributed by atoms with Gasteiger partial charge in [-0.15, -0.1) is 0 Å². The van der Waals surface area contributed by atoms with Crippen LogP contribution in [0.1, 0.15) is 35.7 Å². The second-order valence-corrected chi connectivity index (χ2v) is 5.00. The molecule has 0 bridgehead atoms. The Hall–Kier alpha value is -2.36. The maximum atomic E-state index is 12.2. The van der Waals surface area contributed by atoms with Gasteiger partial charge in [-0.25, -0.2) is 4.98 Å². The van der Waals surface area contributed by atoms with Crippen LogP contribution in [0, 0.1) is 6.92 Å². The zero-order chi connectivity index (χ0) is 15.1. The van der Waals surface area contributed by atoms with Crippen molar-refractivity contribution in [3.8, 4) is 0 Å². The summed E-state index contributed by atoms with van der Waals surface area (Å²) in [6.45, 7) is 4.83. The molecule has 1 aromatic heterocycles. The van der Waals surface area contributed by atoms with Gasteiger partial charge in [0.05, 0.1) is 5.56 Å². The van der Waals surface area contributed by atoms with E-state index in [2.05, 4.69) is 22.5 Å². The quantitative estimate of drug-likeness (QED) is 0.795. The zero-order valence-electron chi connectivity index (χ0n) is 12.5. The number of unbranched alkanes of at least 4 members (excludes halogenated alkanes) is 1. The Morgan fingerprint density at radius 2 is 1.95 bits per heavy atom. The van der Waals surface area contributed by atoms with Crippen LogP contribution in [0.15, 0.2) is 42.6 Å². The van der Waals surface area contributed by atoms with E-state index in [4.69, 9.17) is 0 Å². The molecule has 2 N–H and O–H groups in total. The summed E-state index contributed by atoms with van der Waals surface area (Å²) < 4.78 is 0. The molecule has 110 valence electrons.